The first kappa shape index (κ1) is 30.4. The number of ether oxygens (including phenoxy) is 2. The number of rotatable bonds is 7. The molecular formula is C39H42N2O5. The summed E-state index contributed by atoms with van der Waals surface area (Å²) < 4.78 is 13.5. The zero-order chi connectivity index (χ0) is 32.1. The predicted molar refractivity (Wildman–Crippen MR) is 175 cm³/mol. The number of hydrogen-bond acceptors (Lipinski definition) is 6. The Morgan fingerprint density at radius 3 is 2.52 bits per heavy atom. The molecule has 2 aliphatic carbocycles. The molecule has 1 saturated carbocycles. The predicted octanol–water partition coefficient (Wildman–Crippen LogP) is 5.26. The van der Waals surface area contributed by atoms with Crippen molar-refractivity contribution >= 4 is 11.9 Å². The van der Waals surface area contributed by atoms with Gasteiger partial charge in [0.05, 0.1) is 17.5 Å². The van der Waals surface area contributed by atoms with Crippen molar-refractivity contribution < 1.29 is 24.2 Å². The van der Waals surface area contributed by atoms with Gasteiger partial charge in [-0.3, -0.25) is 14.5 Å². The number of nitrogens with zero attached hydrogens (tertiary/aromatic N) is 2. The van der Waals surface area contributed by atoms with Crippen LogP contribution in [0.2, 0.25) is 0 Å². The first-order valence-electron chi connectivity index (χ1n) is 16.6. The van der Waals surface area contributed by atoms with Gasteiger partial charge in [-0.15, -0.1) is 0 Å². The quantitative estimate of drug-likeness (QED) is 0.288. The highest BCUT2D eigenvalue weighted by Gasteiger charge is 2.75. The van der Waals surface area contributed by atoms with Crippen molar-refractivity contribution in [2.75, 3.05) is 19.6 Å². The highest BCUT2D eigenvalue weighted by atomic mass is 16.6. The molecule has 5 atom stereocenters. The van der Waals surface area contributed by atoms with Gasteiger partial charge in [0.25, 0.3) is 5.91 Å². The van der Waals surface area contributed by atoms with Crippen LogP contribution in [0.4, 0.5) is 0 Å². The fourth-order valence-corrected chi connectivity index (χ4v) is 9.02. The minimum Gasteiger partial charge on any atom is -0.504 e. The van der Waals surface area contributed by atoms with Gasteiger partial charge in [-0.25, -0.2) is 0 Å². The Kier molecular flexibility index (Phi) is 7.81. The Morgan fingerprint density at radius 1 is 1.07 bits per heavy atom. The van der Waals surface area contributed by atoms with Gasteiger partial charge in [0.15, 0.2) is 11.5 Å². The van der Waals surface area contributed by atoms with Gasteiger partial charge in [0.1, 0.15) is 11.7 Å². The number of amides is 1. The summed E-state index contributed by atoms with van der Waals surface area (Å²) in [6.45, 7) is 7.87. The molecular weight excluding hydrogens is 576 g/mol. The standard InChI is InChI=1S/C39H42N2O5/c1-26(2)25-41(34(44)17-14-28-10-6-4-7-11-28)31-18-20-39(46-27(3)42)33-24-30-15-16-32(43)36-35(30)38(39,37(31)45-36)21-23-40(33)22-19-29-12-8-5-9-13-29/h4-13,15-16,26,31,33,37,43H,18-25H2,1-3H3/t31-,33-,37+,38+,39-/m1/s1. The van der Waals surface area contributed by atoms with Crippen LogP contribution in [0, 0.1) is 17.8 Å². The number of likely N-dealkylation sites (tertiary alicyclic amines) is 1. The van der Waals surface area contributed by atoms with Gasteiger partial charge in [0.2, 0.25) is 0 Å². The Hall–Kier alpha value is -4.28. The average molecular weight is 619 g/mol. The van der Waals surface area contributed by atoms with Crippen LogP contribution < -0.4 is 4.74 Å². The zero-order valence-electron chi connectivity index (χ0n) is 26.9. The van der Waals surface area contributed by atoms with Crippen molar-refractivity contribution in [2.45, 2.75) is 82.1 Å². The third-order valence-corrected chi connectivity index (χ3v) is 10.7. The van der Waals surface area contributed by atoms with E-state index in [0.29, 0.717) is 38.0 Å². The number of aromatic hydroxyl groups is 1. The maximum absolute atomic E-state index is 14.0. The Labute approximate surface area is 271 Å². The lowest BCUT2D eigenvalue weighted by molar-refractivity contribution is -0.224. The molecule has 4 aliphatic rings. The van der Waals surface area contributed by atoms with Gasteiger partial charge in [0, 0.05) is 37.1 Å². The van der Waals surface area contributed by atoms with Crippen LogP contribution in [0.15, 0.2) is 72.8 Å². The van der Waals surface area contributed by atoms with E-state index < -0.39 is 17.1 Å². The smallest absolute Gasteiger partial charge is 0.303 e. The summed E-state index contributed by atoms with van der Waals surface area (Å²) in [5.41, 5.74) is 2.59. The van der Waals surface area contributed by atoms with E-state index in [9.17, 15) is 14.7 Å². The SMILES string of the molecule is CC(=O)O[C@@]12CC[C@@H](N(CC(C)C)C(=O)C#Cc3ccccc3)[C@@H]3Oc4c(O)ccc5c4[C@@]31CCN(CCc1ccccc1)[C@@H]2C5. The Bertz CT molecular complexity index is 1700. The van der Waals surface area contributed by atoms with Crippen LogP contribution in [-0.2, 0) is 32.6 Å². The number of esters is 1. The third kappa shape index (κ3) is 4.86. The molecule has 0 aromatic heterocycles. The summed E-state index contributed by atoms with van der Waals surface area (Å²) in [5, 5.41) is 11.2. The molecule has 3 aromatic rings. The molecule has 2 fully saturated rings. The van der Waals surface area contributed by atoms with Crippen molar-refractivity contribution in [2.24, 2.45) is 5.92 Å². The third-order valence-electron chi connectivity index (χ3n) is 10.7. The monoisotopic (exact) mass is 618 g/mol. The van der Waals surface area contributed by atoms with Gasteiger partial charge >= 0.3 is 5.97 Å². The van der Waals surface area contributed by atoms with E-state index in [1.165, 1.54) is 12.5 Å². The van der Waals surface area contributed by atoms with Gasteiger partial charge < -0.3 is 19.5 Å². The lowest BCUT2D eigenvalue weighted by atomic mass is 9.48. The maximum atomic E-state index is 14.0. The van der Waals surface area contributed by atoms with Crippen LogP contribution in [0.1, 0.15) is 62.3 Å². The molecule has 0 radical (unpaired) electrons. The molecule has 0 unspecified atom stereocenters. The second-order valence-corrected chi connectivity index (χ2v) is 13.8. The molecule has 1 amide bonds. The normalized spacial score (nSPS) is 27.2. The van der Waals surface area contributed by atoms with E-state index in [2.05, 4.69) is 54.9 Å². The van der Waals surface area contributed by atoms with Gasteiger partial charge in [-0.2, -0.15) is 0 Å². The van der Waals surface area contributed by atoms with E-state index >= 15 is 0 Å². The highest BCUT2D eigenvalue weighted by Crippen LogP contribution is 2.67. The Balaban J connectivity index is 1.31. The molecule has 3 aromatic carbocycles. The van der Waals surface area contributed by atoms with Gasteiger partial charge in [-0.05, 0) is 73.9 Å². The molecule has 2 aliphatic heterocycles. The fourth-order valence-electron chi connectivity index (χ4n) is 9.02. The number of benzene rings is 3. The zero-order valence-corrected chi connectivity index (χ0v) is 26.9. The van der Waals surface area contributed by atoms with Crippen molar-refractivity contribution in [1.82, 2.24) is 9.80 Å². The first-order chi connectivity index (χ1) is 22.2. The number of phenolic OH excluding ortho intramolecular Hbond substituents is 1. The molecule has 7 heteroatoms. The lowest BCUT2D eigenvalue weighted by Gasteiger charge is -2.65. The number of phenols is 1. The minimum atomic E-state index is -0.858. The summed E-state index contributed by atoms with van der Waals surface area (Å²) in [6.07, 6.45) is 2.97. The topological polar surface area (TPSA) is 79.3 Å². The molecule has 238 valence electrons. The molecule has 1 N–H and O–H groups in total. The molecule has 46 heavy (non-hydrogen) atoms. The van der Waals surface area contributed by atoms with Crippen molar-refractivity contribution in [1.29, 1.82) is 0 Å². The number of piperidine rings is 1. The van der Waals surface area contributed by atoms with E-state index in [1.54, 1.807) is 6.07 Å². The first-order valence-corrected chi connectivity index (χ1v) is 16.6. The fraction of sp³-hybridized carbons (Fsp3) is 0.436. The van der Waals surface area contributed by atoms with Crippen molar-refractivity contribution in [3.05, 3.63) is 95.1 Å². The van der Waals surface area contributed by atoms with E-state index in [0.717, 1.165) is 36.2 Å². The van der Waals surface area contributed by atoms with Gasteiger partial charge in [-0.1, -0.05) is 74.4 Å². The van der Waals surface area contributed by atoms with E-state index in [4.69, 9.17) is 9.47 Å². The van der Waals surface area contributed by atoms with Crippen LogP contribution >= 0.6 is 0 Å². The Morgan fingerprint density at radius 2 is 1.80 bits per heavy atom. The summed E-state index contributed by atoms with van der Waals surface area (Å²) in [5.74, 6) is 6.21. The summed E-state index contributed by atoms with van der Waals surface area (Å²) in [4.78, 5) is 31.5. The lowest BCUT2D eigenvalue weighted by Crippen LogP contribution is -2.79. The number of carbonyl (C=O) groups excluding carboxylic acids is 2. The maximum Gasteiger partial charge on any atom is 0.303 e. The molecule has 7 rings (SSSR count). The molecule has 1 spiro atoms. The molecule has 2 heterocycles. The summed E-state index contributed by atoms with van der Waals surface area (Å²) >= 11 is 0. The minimum absolute atomic E-state index is 0.0592. The second-order valence-electron chi connectivity index (χ2n) is 13.8. The average Bonchev–Trinajstić information content (AvgIpc) is 3.40. The van der Waals surface area contributed by atoms with Crippen molar-refractivity contribution in [3.63, 3.8) is 0 Å². The van der Waals surface area contributed by atoms with E-state index in [1.807, 2.05) is 47.4 Å². The molecule has 2 bridgehead atoms. The van der Waals surface area contributed by atoms with Crippen LogP contribution in [-0.4, -0.2) is 70.2 Å². The summed E-state index contributed by atoms with van der Waals surface area (Å²) in [7, 11) is 0. The van der Waals surface area contributed by atoms with Crippen LogP contribution in [0.3, 0.4) is 0 Å². The van der Waals surface area contributed by atoms with Crippen LogP contribution in [0.5, 0.6) is 11.5 Å². The number of hydrogen-bond donors (Lipinski definition) is 1. The highest BCUT2D eigenvalue weighted by molar-refractivity contribution is 5.94. The molecule has 7 nitrogen and oxygen atoms in total. The largest absolute Gasteiger partial charge is 0.504 e. The summed E-state index contributed by atoms with van der Waals surface area (Å²) in [6, 6.07) is 23.4. The van der Waals surface area contributed by atoms with E-state index in [-0.39, 0.29) is 35.6 Å². The second kappa shape index (κ2) is 11.8. The molecule has 1 saturated heterocycles. The van der Waals surface area contributed by atoms with Crippen LogP contribution in [0.25, 0.3) is 0 Å². The van der Waals surface area contributed by atoms with Crippen molar-refractivity contribution in [3.8, 4) is 23.3 Å². The number of carbonyl (C=O) groups is 2.